The van der Waals surface area contributed by atoms with Gasteiger partial charge in [0.25, 0.3) is 0 Å². The van der Waals surface area contributed by atoms with Gasteiger partial charge in [-0.25, -0.2) is 4.39 Å². The van der Waals surface area contributed by atoms with Crippen molar-refractivity contribution in [3.63, 3.8) is 0 Å². The maximum absolute atomic E-state index is 13.1. The van der Waals surface area contributed by atoms with E-state index in [0.29, 0.717) is 17.1 Å². The average molecular weight is 329 g/mol. The van der Waals surface area contributed by atoms with Gasteiger partial charge in [0.2, 0.25) is 5.91 Å². The van der Waals surface area contributed by atoms with Crippen LogP contribution in [0, 0.1) is 5.82 Å². The van der Waals surface area contributed by atoms with E-state index in [9.17, 15) is 9.18 Å². The van der Waals surface area contributed by atoms with Crippen LogP contribution in [0.3, 0.4) is 0 Å². The summed E-state index contributed by atoms with van der Waals surface area (Å²) in [5.41, 5.74) is 0.807. The van der Waals surface area contributed by atoms with E-state index in [1.807, 2.05) is 0 Å². The molecule has 19 heavy (non-hydrogen) atoms. The molecule has 0 bridgehead atoms. The van der Waals surface area contributed by atoms with Crippen LogP contribution < -0.4 is 5.32 Å². The molecule has 104 valence electrons. The summed E-state index contributed by atoms with van der Waals surface area (Å²) < 4.78 is 13.5. The largest absolute Gasteiger partial charge is 0.355 e. The van der Waals surface area contributed by atoms with E-state index >= 15 is 0 Å². The van der Waals surface area contributed by atoms with Crippen LogP contribution in [0.15, 0.2) is 22.7 Å². The van der Waals surface area contributed by atoms with E-state index < -0.39 is 0 Å². The molecule has 0 heterocycles. The number of carbonyl (C=O) groups excluding carboxylic acids is 1. The Kier molecular flexibility index (Phi) is 4.93. The lowest BCUT2D eigenvalue weighted by molar-refractivity contribution is -0.120. The standard InChI is InChI=1S/C14H18BrFN2O/c1-18(11-3-4-11)7-6-17-14(19)9-10-2-5-13(16)12(15)8-10/h2,5,8,11H,3-4,6-7,9H2,1H3,(H,17,19). The van der Waals surface area contributed by atoms with Gasteiger partial charge < -0.3 is 10.2 Å². The van der Waals surface area contributed by atoms with Crippen LogP contribution in [-0.2, 0) is 11.2 Å². The minimum Gasteiger partial charge on any atom is -0.355 e. The Morgan fingerprint density at radius 3 is 2.89 bits per heavy atom. The average Bonchev–Trinajstić information content (AvgIpc) is 3.18. The van der Waals surface area contributed by atoms with E-state index in [4.69, 9.17) is 0 Å². The third-order valence-corrected chi connectivity index (χ3v) is 3.91. The molecular formula is C14H18BrFN2O. The maximum Gasteiger partial charge on any atom is 0.224 e. The molecule has 1 saturated carbocycles. The number of benzene rings is 1. The van der Waals surface area contributed by atoms with Gasteiger partial charge in [0, 0.05) is 19.1 Å². The highest BCUT2D eigenvalue weighted by atomic mass is 79.9. The molecule has 0 aliphatic heterocycles. The van der Waals surface area contributed by atoms with Gasteiger partial charge in [-0.3, -0.25) is 4.79 Å². The molecule has 1 aromatic rings. The summed E-state index contributed by atoms with van der Waals surface area (Å²) in [6.07, 6.45) is 2.83. The number of nitrogens with one attached hydrogen (secondary N) is 1. The van der Waals surface area contributed by atoms with Crippen LogP contribution in [-0.4, -0.2) is 37.0 Å². The van der Waals surface area contributed by atoms with Crippen LogP contribution in [0.5, 0.6) is 0 Å². The highest BCUT2D eigenvalue weighted by molar-refractivity contribution is 9.10. The molecule has 1 fully saturated rings. The molecule has 1 aromatic carbocycles. The number of hydrogen-bond donors (Lipinski definition) is 1. The number of hydrogen-bond acceptors (Lipinski definition) is 2. The molecule has 5 heteroatoms. The van der Waals surface area contributed by atoms with Crippen LogP contribution >= 0.6 is 15.9 Å². The van der Waals surface area contributed by atoms with Crippen LogP contribution in [0.1, 0.15) is 18.4 Å². The van der Waals surface area contributed by atoms with Crippen molar-refractivity contribution in [1.82, 2.24) is 10.2 Å². The van der Waals surface area contributed by atoms with E-state index in [1.54, 1.807) is 12.1 Å². The van der Waals surface area contributed by atoms with Gasteiger partial charge in [0.05, 0.1) is 10.9 Å². The summed E-state index contributed by atoms with van der Waals surface area (Å²) in [7, 11) is 2.08. The zero-order valence-corrected chi connectivity index (χ0v) is 12.5. The number of likely N-dealkylation sites (N-methyl/N-ethyl adjacent to an activating group) is 1. The first kappa shape index (κ1) is 14.5. The Morgan fingerprint density at radius 1 is 1.53 bits per heavy atom. The molecule has 0 spiro atoms. The van der Waals surface area contributed by atoms with Gasteiger partial charge in [0.15, 0.2) is 0 Å². The van der Waals surface area contributed by atoms with E-state index in [1.165, 1.54) is 18.9 Å². The van der Waals surface area contributed by atoms with Gasteiger partial charge in [0.1, 0.15) is 5.82 Å². The summed E-state index contributed by atoms with van der Waals surface area (Å²) in [4.78, 5) is 14.0. The number of carbonyl (C=O) groups is 1. The highest BCUT2D eigenvalue weighted by Crippen LogP contribution is 2.24. The lowest BCUT2D eigenvalue weighted by atomic mass is 10.1. The molecule has 0 unspecified atom stereocenters. The monoisotopic (exact) mass is 328 g/mol. The lowest BCUT2D eigenvalue weighted by Gasteiger charge is -2.15. The number of nitrogens with zero attached hydrogens (tertiary/aromatic N) is 1. The fraction of sp³-hybridized carbons (Fsp3) is 0.500. The van der Waals surface area contributed by atoms with Crippen molar-refractivity contribution in [3.05, 3.63) is 34.1 Å². The van der Waals surface area contributed by atoms with Gasteiger partial charge in [-0.15, -0.1) is 0 Å². The Bertz CT molecular complexity index is 463. The van der Waals surface area contributed by atoms with Gasteiger partial charge in [-0.05, 0) is 53.5 Å². The van der Waals surface area contributed by atoms with Crippen LogP contribution in [0.25, 0.3) is 0 Å². The fourth-order valence-electron chi connectivity index (χ4n) is 1.97. The van der Waals surface area contributed by atoms with E-state index in [-0.39, 0.29) is 18.1 Å². The molecule has 1 amide bonds. The smallest absolute Gasteiger partial charge is 0.224 e. The van der Waals surface area contributed by atoms with E-state index in [2.05, 4.69) is 33.2 Å². The number of halogens is 2. The minimum absolute atomic E-state index is 0.0253. The highest BCUT2D eigenvalue weighted by Gasteiger charge is 2.25. The third kappa shape index (κ3) is 4.58. The first-order chi connectivity index (χ1) is 9.06. The Hall–Kier alpha value is -0.940. The summed E-state index contributed by atoms with van der Waals surface area (Å²) in [5.74, 6) is -0.335. The number of amides is 1. The fourth-order valence-corrected chi connectivity index (χ4v) is 2.39. The SMILES string of the molecule is CN(CCNC(=O)Cc1ccc(F)c(Br)c1)C1CC1. The minimum atomic E-state index is -0.310. The number of rotatable bonds is 6. The lowest BCUT2D eigenvalue weighted by Crippen LogP contribution is -2.34. The molecule has 0 aromatic heterocycles. The molecule has 0 radical (unpaired) electrons. The van der Waals surface area contributed by atoms with Crippen molar-refractivity contribution in [1.29, 1.82) is 0 Å². The second-order valence-electron chi connectivity index (χ2n) is 4.99. The quantitative estimate of drug-likeness (QED) is 0.869. The van der Waals surface area contributed by atoms with Crippen molar-refractivity contribution in [3.8, 4) is 0 Å². The Labute approximate surface area is 121 Å². The third-order valence-electron chi connectivity index (χ3n) is 3.31. The van der Waals surface area contributed by atoms with Crippen molar-refractivity contribution in [2.45, 2.75) is 25.3 Å². The predicted octanol–water partition coefficient (Wildman–Crippen LogP) is 2.34. The van der Waals surface area contributed by atoms with Gasteiger partial charge >= 0.3 is 0 Å². The van der Waals surface area contributed by atoms with Crippen molar-refractivity contribution >= 4 is 21.8 Å². The summed E-state index contributed by atoms with van der Waals surface area (Å²) in [5, 5.41) is 2.89. The van der Waals surface area contributed by atoms with Crippen molar-refractivity contribution < 1.29 is 9.18 Å². The van der Waals surface area contributed by atoms with Crippen molar-refractivity contribution in [2.75, 3.05) is 20.1 Å². The zero-order chi connectivity index (χ0) is 13.8. The molecule has 1 aliphatic carbocycles. The Morgan fingerprint density at radius 2 is 2.26 bits per heavy atom. The topological polar surface area (TPSA) is 32.3 Å². The zero-order valence-electron chi connectivity index (χ0n) is 11.0. The van der Waals surface area contributed by atoms with Gasteiger partial charge in [-0.1, -0.05) is 6.07 Å². The van der Waals surface area contributed by atoms with E-state index in [0.717, 1.165) is 12.1 Å². The molecule has 3 nitrogen and oxygen atoms in total. The van der Waals surface area contributed by atoms with Crippen LogP contribution in [0.4, 0.5) is 4.39 Å². The molecular weight excluding hydrogens is 311 g/mol. The van der Waals surface area contributed by atoms with Gasteiger partial charge in [-0.2, -0.15) is 0 Å². The Balaban J connectivity index is 1.72. The summed E-state index contributed by atoms with van der Waals surface area (Å²) >= 11 is 3.12. The summed E-state index contributed by atoms with van der Waals surface area (Å²) in [6, 6.07) is 5.36. The summed E-state index contributed by atoms with van der Waals surface area (Å²) in [6.45, 7) is 1.54. The maximum atomic E-state index is 13.1. The molecule has 1 aliphatic rings. The van der Waals surface area contributed by atoms with Crippen molar-refractivity contribution in [2.24, 2.45) is 0 Å². The second kappa shape index (κ2) is 6.48. The second-order valence-corrected chi connectivity index (χ2v) is 5.84. The first-order valence-electron chi connectivity index (χ1n) is 6.47. The first-order valence-corrected chi connectivity index (χ1v) is 7.26. The molecule has 0 atom stereocenters. The molecule has 0 saturated heterocycles. The normalized spacial score (nSPS) is 14.7. The molecule has 1 N–H and O–H groups in total. The van der Waals surface area contributed by atoms with Crippen LogP contribution in [0.2, 0.25) is 0 Å². The predicted molar refractivity (Wildman–Crippen MR) is 76.5 cm³/mol. The molecule has 2 rings (SSSR count).